The fourth-order valence-electron chi connectivity index (χ4n) is 9.36. The maximum Gasteiger partial charge on any atom is 0.254 e. The summed E-state index contributed by atoms with van der Waals surface area (Å²) in [5.41, 5.74) is 4.50. The van der Waals surface area contributed by atoms with Crippen molar-refractivity contribution in [1.29, 1.82) is 5.26 Å². The molecule has 11 heteroatoms. The first-order chi connectivity index (χ1) is 29.8. The van der Waals surface area contributed by atoms with E-state index in [1.165, 1.54) is 0 Å². The van der Waals surface area contributed by atoms with Gasteiger partial charge in [0.25, 0.3) is 5.91 Å². The quantitative estimate of drug-likeness (QED) is 0.0410. The smallest absolute Gasteiger partial charge is 0.254 e. The van der Waals surface area contributed by atoms with Crippen molar-refractivity contribution in [2.75, 3.05) is 33.1 Å². The monoisotopic (exact) mass is 841 g/mol. The van der Waals surface area contributed by atoms with Crippen LogP contribution in [0.2, 0.25) is 0 Å². The summed E-state index contributed by atoms with van der Waals surface area (Å²) in [4.78, 5) is 23.6. The summed E-state index contributed by atoms with van der Waals surface area (Å²) in [6.07, 6.45) is 11.0. The van der Waals surface area contributed by atoms with Crippen molar-refractivity contribution in [2.24, 2.45) is 22.9 Å². The van der Waals surface area contributed by atoms with Crippen LogP contribution >= 0.6 is 11.8 Å². The molecule has 0 unspecified atom stereocenters. The Labute approximate surface area is 363 Å². The van der Waals surface area contributed by atoms with E-state index in [0.717, 1.165) is 53.0 Å². The number of carbonyl (C=O) groups is 1. The van der Waals surface area contributed by atoms with Gasteiger partial charge in [0.15, 0.2) is 0 Å². The molecule has 1 saturated carbocycles. The number of oxime groups is 1. The van der Waals surface area contributed by atoms with Gasteiger partial charge in [0, 0.05) is 48.6 Å². The Balaban J connectivity index is 1.41. The van der Waals surface area contributed by atoms with E-state index in [4.69, 9.17) is 24.2 Å². The third-order valence-electron chi connectivity index (χ3n) is 12.2. The number of nitriles is 1. The van der Waals surface area contributed by atoms with E-state index in [1.807, 2.05) is 73.0 Å². The van der Waals surface area contributed by atoms with Crippen LogP contribution in [0.4, 0.5) is 0 Å². The molecule has 6 atom stereocenters. The number of hydrogen-bond donors (Lipinski definition) is 2. The molecule has 2 aliphatic carbocycles. The van der Waals surface area contributed by atoms with Crippen molar-refractivity contribution in [1.82, 2.24) is 4.90 Å². The Bertz CT molecular complexity index is 2220. The van der Waals surface area contributed by atoms with Gasteiger partial charge >= 0.3 is 0 Å². The number of benzene rings is 4. The molecule has 1 amide bonds. The fourth-order valence-corrected chi connectivity index (χ4v) is 9.77. The number of rotatable bonds is 19. The molecule has 4 aromatic rings. The van der Waals surface area contributed by atoms with E-state index in [9.17, 15) is 20.3 Å². The minimum atomic E-state index is -1.39. The van der Waals surface area contributed by atoms with Gasteiger partial charge in [-0.15, -0.1) is 18.3 Å². The standard InChI is InChI=1S/C50H55N3O7S/c1-4-28-57-50-46(53(2)49(56)36-18-16-34(32-51)17-19-36)31-44(52-58-33-35-12-6-5-7-13-35)42-29-37(14-8-10-26-54)41(15-9-11-27-55)47(48(42)50)43-30-39(22-25-45(43)60-50)59-38-20-23-40(61-3)24-21-38/h4-7,12-13,16-25,29-30,37,41,46-48,54-55H,1,8-11,14-15,26-28,31,33H2,2-3H3/t37-,41+,46-,47+,48+,50+/m0/s1. The lowest BCUT2D eigenvalue weighted by Crippen LogP contribution is -2.69. The van der Waals surface area contributed by atoms with Crippen LogP contribution in [0.3, 0.4) is 0 Å². The molecule has 61 heavy (non-hydrogen) atoms. The molecule has 10 nitrogen and oxygen atoms in total. The Morgan fingerprint density at radius 2 is 1.70 bits per heavy atom. The second kappa shape index (κ2) is 20.5. The summed E-state index contributed by atoms with van der Waals surface area (Å²) >= 11 is 1.67. The predicted octanol–water partition coefficient (Wildman–Crippen LogP) is 9.68. The van der Waals surface area contributed by atoms with E-state index in [-0.39, 0.29) is 56.5 Å². The fraction of sp³-hybridized carbons (Fsp3) is 0.380. The largest absolute Gasteiger partial charge is 0.459 e. The van der Waals surface area contributed by atoms with Gasteiger partial charge in [0.2, 0.25) is 5.79 Å². The van der Waals surface area contributed by atoms with Crippen LogP contribution in [0.5, 0.6) is 17.2 Å². The van der Waals surface area contributed by atoms with Gasteiger partial charge in [-0.1, -0.05) is 60.5 Å². The molecule has 0 bridgehead atoms. The van der Waals surface area contributed by atoms with Crippen LogP contribution in [0.1, 0.15) is 77.9 Å². The summed E-state index contributed by atoms with van der Waals surface area (Å²) in [6, 6.07) is 31.9. The first kappa shape index (κ1) is 43.7. The first-order valence-corrected chi connectivity index (χ1v) is 22.4. The highest BCUT2D eigenvalue weighted by atomic mass is 32.2. The van der Waals surface area contributed by atoms with E-state index < -0.39 is 17.7 Å². The molecule has 1 aliphatic heterocycles. The van der Waals surface area contributed by atoms with Gasteiger partial charge in [0.1, 0.15) is 29.9 Å². The van der Waals surface area contributed by atoms with E-state index in [0.29, 0.717) is 41.2 Å². The molecular weight excluding hydrogens is 787 g/mol. The van der Waals surface area contributed by atoms with Gasteiger partial charge in [-0.05, 0) is 122 Å². The van der Waals surface area contributed by atoms with Crippen molar-refractivity contribution in [3.63, 3.8) is 0 Å². The maximum absolute atomic E-state index is 14.6. The zero-order valence-electron chi connectivity index (χ0n) is 34.9. The number of thioether (sulfide) groups is 1. The van der Waals surface area contributed by atoms with Crippen LogP contribution in [-0.2, 0) is 16.2 Å². The molecule has 1 fully saturated rings. The highest BCUT2D eigenvalue weighted by molar-refractivity contribution is 7.98. The van der Waals surface area contributed by atoms with Gasteiger partial charge in [0.05, 0.1) is 29.9 Å². The predicted molar refractivity (Wildman–Crippen MR) is 238 cm³/mol. The van der Waals surface area contributed by atoms with Crippen molar-refractivity contribution >= 4 is 23.4 Å². The van der Waals surface area contributed by atoms with Gasteiger partial charge < -0.3 is 34.2 Å². The molecule has 0 aromatic heterocycles. The topological polar surface area (TPSA) is 134 Å². The molecule has 318 valence electrons. The number of likely N-dealkylation sites (N-methyl/N-ethyl adjacent to an activating group) is 1. The highest BCUT2D eigenvalue weighted by Gasteiger charge is 2.65. The van der Waals surface area contributed by atoms with Crippen molar-refractivity contribution < 1.29 is 34.1 Å². The number of allylic oxidation sites excluding steroid dienone is 1. The minimum Gasteiger partial charge on any atom is -0.459 e. The Kier molecular flexibility index (Phi) is 14.7. The molecule has 7 rings (SSSR count). The number of ether oxygens (including phenoxy) is 3. The van der Waals surface area contributed by atoms with Crippen molar-refractivity contribution in [2.45, 2.75) is 74.2 Å². The first-order valence-electron chi connectivity index (χ1n) is 21.2. The molecular formula is C50H55N3O7S. The summed E-state index contributed by atoms with van der Waals surface area (Å²) < 4.78 is 20.9. The zero-order valence-corrected chi connectivity index (χ0v) is 35.8. The van der Waals surface area contributed by atoms with Gasteiger partial charge in [-0.25, -0.2) is 0 Å². The van der Waals surface area contributed by atoms with Crippen LogP contribution in [0, 0.1) is 29.1 Å². The van der Waals surface area contributed by atoms with Crippen LogP contribution in [0.15, 0.2) is 131 Å². The highest BCUT2D eigenvalue weighted by Crippen LogP contribution is 2.62. The lowest BCUT2D eigenvalue weighted by atomic mass is 9.55. The summed E-state index contributed by atoms with van der Waals surface area (Å²) in [5, 5.41) is 34.3. The molecule has 0 spiro atoms. The Hall–Kier alpha value is -5.38. The average Bonchev–Trinajstić information content (AvgIpc) is 3.30. The second-order valence-electron chi connectivity index (χ2n) is 15.9. The van der Waals surface area contributed by atoms with Crippen molar-refractivity contribution in [3.05, 3.63) is 144 Å². The third kappa shape index (κ3) is 9.58. The molecule has 1 heterocycles. The van der Waals surface area contributed by atoms with Crippen LogP contribution in [-0.4, -0.2) is 71.7 Å². The van der Waals surface area contributed by atoms with Gasteiger partial charge in [-0.2, -0.15) is 5.26 Å². The number of carbonyl (C=O) groups excluding carboxylic acids is 1. The number of fused-ring (bicyclic) bond motifs is 2. The Morgan fingerprint density at radius 3 is 2.39 bits per heavy atom. The SMILES string of the molecule is C=CCO[C@@]12Oc3ccc(Oc4ccc(SC)cc4)cc3[C@H]3[C@H](CCCCO)[C@@H](CCCCO)C=C(C(=NOCc4ccccc4)C[C@@H]1N(C)C(=O)c1ccc(C#N)cc1)[C@H]32. The molecule has 2 N–H and O–H groups in total. The number of nitrogens with zero attached hydrogens (tertiary/aromatic N) is 3. The number of aliphatic hydroxyl groups is 2. The molecule has 4 aromatic carbocycles. The van der Waals surface area contributed by atoms with Crippen LogP contribution in [0.25, 0.3) is 0 Å². The number of aliphatic hydroxyl groups excluding tert-OH is 2. The zero-order chi connectivity index (χ0) is 42.8. The molecule has 3 aliphatic rings. The van der Waals surface area contributed by atoms with Crippen LogP contribution < -0.4 is 9.47 Å². The summed E-state index contributed by atoms with van der Waals surface area (Å²) in [7, 11) is 1.77. The molecule has 0 radical (unpaired) electrons. The lowest BCUT2D eigenvalue weighted by molar-refractivity contribution is -0.252. The Morgan fingerprint density at radius 1 is 0.984 bits per heavy atom. The average molecular weight is 842 g/mol. The lowest BCUT2D eigenvalue weighted by Gasteiger charge is -2.59. The van der Waals surface area contributed by atoms with E-state index >= 15 is 0 Å². The van der Waals surface area contributed by atoms with E-state index in [1.54, 1.807) is 54.1 Å². The number of unbranched alkanes of at least 4 members (excludes halogenated alkanes) is 2. The summed E-state index contributed by atoms with van der Waals surface area (Å²) in [5.74, 6) is -0.135. The summed E-state index contributed by atoms with van der Waals surface area (Å²) in [6.45, 7) is 4.64. The van der Waals surface area contributed by atoms with Crippen molar-refractivity contribution in [3.8, 4) is 23.3 Å². The van der Waals surface area contributed by atoms with Gasteiger partial charge in [-0.3, -0.25) is 4.79 Å². The second-order valence-corrected chi connectivity index (χ2v) is 16.8. The minimum absolute atomic E-state index is 0.0641. The normalized spacial score (nSPS) is 23.1. The number of amides is 1. The maximum atomic E-state index is 14.6. The molecule has 0 saturated heterocycles. The third-order valence-corrected chi connectivity index (χ3v) is 13.0. The van der Waals surface area contributed by atoms with E-state index in [2.05, 4.69) is 24.8 Å². The number of hydrogen-bond acceptors (Lipinski definition) is 10.